The second-order valence-corrected chi connectivity index (χ2v) is 7.90. The average molecular weight is 462 g/mol. The maximum Gasteiger partial charge on any atom is 0.257 e. The lowest BCUT2D eigenvalue weighted by atomic mass is 9.98. The number of aryl methyl sites for hydroxylation is 2. The van der Waals surface area contributed by atoms with Gasteiger partial charge in [-0.3, -0.25) is 4.79 Å². The van der Waals surface area contributed by atoms with Gasteiger partial charge in [0, 0.05) is 11.1 Å². The first-order valence-corrected chi connectivity index (χ1v) is 11.1. The molecule has 1 amide bonds. The minimum atomic E-state index is -0.425. The molecular formula is C23H25Cl2N3O3. The number of nitrogens with one attached hydrogen (secondary N) is 1. The van der Waals surface area contributed by atoms with Gasteiger partial charge in [-0.2, -0.15) is 0 Å². The number of ether oxygens (including phenoxy) is 1. The van der Waals surface area contributed by atoms with E-state index in [4.69, 9.17) is 32.6 Å². The van der Waals surface area contributed by atoms with Crippen LogP contribution in [0, 0.1) is 0 Å². The lowest BCUT2D eigenvalue weighted by Crippen LogP contribution is -2.13. The Balaban J connectivity index is 1.86. The molecular weight excluding hydrogens is 437 g/mol. The van der Waals surface area contributed by atoms with Crippen LogP contribution in [-0.4, -0.2) is 22.8 Å². The SMILES string of the molecule is CCCCOc1c(Cl)cc(C(=O)Nc2nonc2-c2cc(CC)ccc2CC)cc1Cl. The Bertz CT molecular complexity index is 1040. The van der Waals surface area contributed by atoms with E-state index in [2.05, 4.69) is 48.5 Å². The van der Waals surface area contributed by atoms with Gasteiger partial charge >= 0.3 is 0 Å². The molecule has 3 aromatic rings. The Morgan fingerprint density at radius 3 is 2.45 bits per heavy atom. The van der Waals surface area contributed by atoms with Crippen molar-refractivity contribution in [3.05, 3.63) is 57.1 Å². The largest absolute Gasteiger partial charge is 0.490 e. The number of hydrogen-bond acceptors (Lipinski definition) is 5. The molecule has 0 aliphatic carbocycles. The van der Waals surface area contributed by atoms with E-state index in [1.54, 1.807) is 0 Å². The zero-order valence-electron chi connectivity index (χ0n) is 17.8. The van der Waals surface area contributed by atoms with E-state index in [1.165, 1.54) is 12.1 Å². The molecule has 1 heterocycles. The Hall–Kier alpha value is -2.57. The molecule has 1 aromatic heterocycles. The first kappa shape index (κ1) is 23.1. The minimum absolute atomic E-state index is 0.239. The molecule has 0 bridgehead atoms. The number of unbranched alkanes of at least 4 members (excludes halogenated alkanes) is 1. The number of amides is 1. The summed E-state index contributed by atoms with van der Waals surface area (Å²) in [6.07, 6.45) is 3.57. The maximum absolute atomic E-state index is 12.9. The van der Waals surface area contributed by atoms with Crippen molar-refractivity contribution in [3.8, 4) is 17.0 Å². The van der Waals surface area contributed by atoms with Crippen LogP contribution in [0.2, 0.25) is 10.0 Å². The van der Waals surface area contributed by atoms with Gasteiger partial charge in [0.15, 0.2) is 11.4 Å². The minimum Gasteiger partial charge on any atom is -0.490 e. The van der Waals surface area contributed by atoms with Crippen LogP contribution in [0.1, 0.15) is 55.1 Å². The van der Waals surface area contributed by atoms with Crippen LogP contribution in [0.15, 0.2) is 35.0 Å². The van der Waals surface area contributed by atoms with Crippen molar-refractivity contribution < 1.29 is 14.2 Å². The van der Waals surface area contributed by atoms with E-state index < -0.39 is 5.91 Å². The summed E-state index contributed by atoms with van der Waals surface area (Å²) in [4.78, 5) is 12.9. The number of anilines is 1. The number of halogens is 2. The highest BCUT2D eigenvalue weighted by Crippen LogP contribution is 2.35. The number of carbonyl (C=O) groups is 1. The number of hydrogen-bond donors (Lipinski definition) is 1. The van der Waals surface area contributed by atoms with Crippen LogP contribution < -0.4 is 10.1 Å². The summed E-state index contributed by atoms with van der Waals surface area (Å²) in [5.74, 6) is 0.190. The summed E-state index contributed by atoms with van der Waals surface area (Å²) < 4.78 is 10.6. The molecule has 0 aliphatic heterocycles. The summed E-state index contributed by atoms with van der Waals surface area (Å²) >= 11 is 12.6. The van der Waals surface area contributed by atoms with Crippen molar-refractivity contribution in [3.63, 3.8) is 0 Å². The van der Waals surface area contributed by atoms with Gasteiger partial charge < -0.3 is 10.1 Å². The van der Waals surface area contributed by atoms with Crippen LogP contribution in [0.4, 0.5) is 5.82 Å². The maximum atomic E-state index is 12.9. The van der Waals surface area contributed by atoms with Crippen molar-refractivity contribution in [1.82, 2.24) is 10.3 Å². The van der Waals surface area contributed by atoms with Gasteiger partial charge in [-0.05, 0) is 58.9 Å². The van der Waals surface area contributed by atoms with Gasteiger partial charge in [0.05, 0.1) is 16.7 Å². The molecule has 0 saturated heterocycles. The highest BCUT2D eigenvalue weighted by Gasteiger charge is 2.20. The molecule has 0 aliphatic rings. The highest BCUT2D eigenvalue weighted by molar-refractivity contribution is 6.37. The van der Waals surface area contributed by atoms with Gasteiger partial charge in [0.1, 0.15) is 0 Å². The van der Waals surface area contributed by atoms with Crippen molar-refractivity contribution >= 4 is 34.9 Å². The molecule has 1 N–H and O–H groups in total. The molecule has 0 saturated carbocycles. The summed E-state index contributed by atoms with van der Waals surface area (Å²) in [7, 11) is 0. The van der Waals surface area contributed by atoms with Crippen molar-refractivity contribution in [1.29, 1.82) is 0 Å². The van der Waals surface area contributed by atoms with Crippen LogP contribution >= 0.6 is 23.2 Å². The number of nitrogens with zero attached hydrogens (tertiary/aromatic N) is 2. The van der Waals surface area contributed by atoms with E-state index in [1.807, 2.05) is 6.07 Å². The molecule has 0 unspecified atom stereocenters. The van der Waals surface area contributed by atoms with Gasteiger partial charge in [-0.1, -0.05) is 62.5 Å². The first-order chi connectivity index (χ1) is 15.0. The van der Waals surface area contributed by atoms with Gasteiger partial charge in [-0.15, -0.1) is 0 Å². The van der Waals surface area contributed by atoms with Crippen molar-refractivity contribution in [2.75, 3.05) is 11.9 Å². The Labute approximate surface area is 191 Å². The Kier molecular flexibility index (Phi) is 7.93. The quantitative estimate of drug-likeness (QED) is 0.363. The summed E-state index contributed by atoms with van der Waals surface area (Å²) in [6.45, 7) is 6.71. The molecule has 31 heavy (non-hydrogen) atoms. The number of carbonyl (C=O) groups excluding carboxylic acids is 1. The molecule has 0 radical (unpaired) electrons. The van der Waals surface area contributed by atoms with Crippen molar-refractivity contribution in [2.45, 2.75) is 46.5 Å². The second kappa shape index (κ2) is 10.6. The van der Waals surface area contributed by atoms with Crippen LogP contribution in [0.5, 0.6) is 5.75 Å². The number of aromatic nitrogens is 2. The van der Waals surface area contributed by atoms with E-state index in [0.717, 1.165) is 42.4 Å². The van der Waals surface area contributed by atoms with Crippen LogP contribution in [-0.2, 0) is 12.8 Å². The highest BCUT2D eigenvalue weighted by atomic mass is 35.5. The Morgan fingerprint density at radius 2 is 1.81 bits per heavy atom. The van der Waals surface area contributed by atoms with Gasteiger partial charge in [0.25, 0.3) is 5.91 Å². The van der Waals surface area contributed by atoms with E-state index in [0.29, 0.717) is 18.1 Å². The fourth-order valence-electron chi connectivity index (χ4n) is 3.15. The predicted molar refractivity (Wildman–Crippen MR) is 123 cm³/mol. The van der Waals surface area contributed by atoms with Crippen LogP contribution in [0.3, 0.4) is 0 Å². The lowest BCUT2D eigenvalue weighted by Gasteiger charge is -2.12. The molecule has 164 valence electrons. The van der Waals surface area contributed by atoms with Crippen LogP contribution in [0.25, 0.3) is 11.3 Å². The van der Waals surface area contributed by atoms with E-state index >= 15 is 0 Å². The third-order valence-electron chi connectivity index (χ3n) is 4.94. The fraction of sp³-hybridized carbons (Fsp3) is 0.348. The third kappa shape index (κ3) is 5.38. The van der Waals surface area contributed by atoms with Gasteiger partial charge in [0.2, 0.25) is 5.82 Å². The lowest BCUT2D eigenvalue weighted by molar-refractivity contribution is 0.102. The monoisotopic (exact) mass is 461 g/mol. The number of rotatable bonds is 9. The molecule has 0 spiro atoms. The molecule has 6 nitrogen and oxygen atoms in total. The standard InChI is InChI=1S/C23H25Cl2N3O3/c1-4-7-10-30-21-18(24)12-16(13-19(21)25)23(29)26-22-20(27-31-28-22)17-11-14(5-2)8-9-15(17)6-3/h8-9,11-13H,4-7,10H2,1-3H3,(H,26,28,29). The molecule has 8 heteroatoms. The molecule has 0 fully saturated rings. The zero-order valence-corrected chi connectivity index (χ0v) is 19.3. The predicted octanol–water partition coefficient (Wildman–Crippen LogP) is 6.60. The Morgan fingerprint density at radius 1 is 1.06 bits per heavy atom. The number of benzene rings is 2. The van der Waals surface area contributed by atoms with E-state index in [-0.39, 0.29) is 21.4 Å². The first-order valence-electron chi connectivity index (χ1n) is 10.4. The van der Waals surface area contributed by atoms with E-state index in [9.17, 15) is 4.79 Å². The normalized spacial score (nSPS) is 10.9. The average Bonchev–Trinajstić information content (AvgIpc) is 3.22. The zero-order chi connectivity index (χ0) is 22.4. The summed E-state index contributed by atoms with van der Waals surface area (Å²) in [5, 5.41) is 11.2. The molecule has 2 aromatic carbocycles. The topological polar surface area (TPSA) is 77.2 Å². The summed E-state index contributed by atoms with van der Waals surface area (Å²) in [6, 6.07) is 9.23. The molecule has 3 rings (SSSR count). The molecule has 0 atom stereocenters. The summed E-state index contributed by atoms with van der Waals surface area (Å²) in [5.41, 5.74) is 3.89. The fourth-order valence-corrected chi connectivity index (χ4v) is 3.74. The third-order valence-corrected chi connectivity index (χ3v) is 5.51. The smallest absolute Gasteiger partial charge is 0.257 e. The van der Waals surface area contributed by atoms with Crippen molar-refractivity contribution in [2.24, 2.45) is 0 Å². The van der Waals surface area contributed by atoms with Gasteiger partial charge in [-0.25, -0.2) is 4.63 Å². The second-order valence-electron chi connectivity index (χ2n) is 7.09.